The lowest BCUT2D eigenvalue weighted by Gasteiger charge is -2.38. The Hall–Kier alpha value is -3.02. The van der Waals surface area contributed by atoms with Crippen LogP contribution in [-0.2, 0) is 15.0 Å². The SMILES string of the molecule is COc1cccc(C)c1OCC(=O)N1CCC2(CC1)C(=O)Nc1ccccc12. The van der Waals surface area contributed by atoms with Crippen LogP contribution >= 0.6 is 0 Å². The molecule has 4 rings (SSSR count). The second-order valence-electron chi connectivity index (χ2n) is 7.36. The summed E-state index contributed by atoms with van der Waals surface area (Å²) in [7, 11) is 1.58. The number of para-hydroxylation sites is 2. The standard InChI is InChI=1S/C22H24N2O4/c1-15-6-5-9-18(27-2)20(15)28-14-19(25)24-12-10-22(11-13-24)16-7-3-4-8-17(16)23-21(22)26/h3-9H,10-14H2,1-2H3,(H,23,26). The van der Waals surface area contributed by atoms with Crippen molar-refractivity contribution in [1.29, 1.82) is 0 Å². The van der Waals surface area contributed by atoms with Gasteiger partial charge in [-0.25, -0.2) is 0 Å². The summed E-state index contributed by atoms with van der Waals surface area (Å²) in [6, 6.07) is 13.4. The van der Waals surface area contributed by atoms with Crippen LogP contribution < -0.4 is 14.8 Å². The zero-order chi connectivity index (χ0) is 19.7. The number of benzene rings is 2. The summed E-state index contributed by atoms with van der Waals surface area (Å²) in [5.41, 5.74) is 2.34. The van der Waals surface area contributed by atoms with Gasteiger partial charge < -0.3 is 19.7 Å². The first kappa shape index (κ1) is 18.3. The normalized spacial score (nSPS) is 17.2. The number of hydrogen-bond donors (Lipinski definition) is 1. The number of anilines is 1. The maximum atomic E-state index is 12.7. The molecule has 2 amide bonds. The van der Waals surface area contributed by atoms with Gasteiger partial charge in [0.25, 0.3) is 5.91 Å². The van der Waals surface area contributed by atoms with Gasteiger partial charge in [0.1, 0.15) is 0 Å². The van der Waals surface area contributed by atoms with Gasteiger partial charge >= 0.3 is 0 Å². The lowest BCUT2D eigenvalue weighted by molar-refractivity contribution is -0.137. The van der Waals surface area contributed by atoms with Crippen molar-refractivity contribution in [2.24, 2.45) is 0 Å². The Morgan fingerprint density at radius 2 is 1.89 bits per heavy atom. The highest BCUT2D eigenvalue weighted by Crippen LogP contribution is 2.44. The summed E-state index contributed by atoms with van der Waals surface area (Å²) in [4.78, 5) is 27.1. The third-order valence-electron chi connectivity index (χ3n) is 5.83. The number of nitrogens with one attached hydrogen (secondary N) is 1. The number of carbonyl (C=O) groups is 2. The quantitative estimate of drug-likeness (QED) is 0.886. The van der Waals surface area contributed by atoms with Crippen molar-refractivity contribution in [3.63, 3.8) is 0 Å². The van der Waals surface area contributed by atoms with Gasteiger partial charge in [0.2, 0.25) is 5.91 Å². The van der Waals surface area contributed by atoms with Crippen LogP contribution in [0.4, 0.5) is 5.69 Å². The van der Waals surface area contributed by atoms with E-state index in [2.05, 4.69) is 5.32 Å². The number of rotatable bonds is 4. The molecule has 2 aliphatic rings. The Bertz CT molecular complexity index is 917. The van der Waals surface area contributed by atoms with Crippen LogP contribution in [0, 0.1) is 6.92 Å². The van der Waals surface area contributed by atoms with Crippen LogP contribution in [0.15, 0.2) is 42.5 Å². The first-order chi connectivity index (χ1) is 13.5. The van der Waals surface area contributed by atoms with Crippen LogP contribution in [0.2, 0.25) is 0 Å². The van der Waals surface area contributed by atoms with Crippen molar-refractivity contribution in [3.8, 4) is 11.5 Å². The Balaban J connectivity index is 1.41. The molecular formula is C22H24N2O4. The number of carbonyl (C=O) groups excluding carboxylic acids is 2. The van der Waals surface area contributed by atoms with Gasteiger partial charge in [-0.3, -0.25) is 9.59 Å². The average Bonchev–Trinajstić information content (AvgIpc) is 2.98. The molecule has 0 aliphatic carbocycles. The average molecular weight is 380 g/mol. The van der Waals surface area contributed by atoms with E-state index in [1.807, 2.05) is 49.4 Å². The highest BCUT2D eigenvalue weighted by Gasteiger charge is 2.48. The maximum absolute atomic E-state index is 12.7. The van der Waals surface area contributed by atoms with Crippen molar-refractivity contribution in [2.75, 3.05) is 32.1 Å². The fraction of sp³-hybridized carbons (Fsp3) is 0.364. The molecule has 1 N–H and O–H groups in total. The largest absolute Gasteiger partial charge is 0.493 e. The molecule has 146 valence electrons. The molecule has 2 aromatic carbocycles. The molecule has 2 aliphatic heterocycles. The van der Waals surface area contributed by atoms with Crippen molar-refractivity contribution >= 4 is 17.5 Å². The molecule has 28 heavy (non-hydrogen) atoms. The molecule has 0 aromatic heterocycles. The van der Waals surface area contributed by atoms with Crippen molar-refractivity contribution in [1.82, 2.24) is 4.90 Å². The predicted molar refractivity (Wildman–Crippen MR) is 106 cm³/mol. The minimum atomic E-state index is -0.520. The van der Waals surface area contributed by atoms with E-state index in [-0.39, 0.29) is 18.4 Å². The molecule has 1 fully saturated rings. The fourth-order valence-corrected chi connectivity index (χ4v) is 4.20. The first-order valence-electron chi connectivity index (χ1n) is 9.50. The van der Waals surface area contributed by atoms with Gasteiger partial charge in [-0.05, 0) is 43.0 Å². The summed E-state index contributed by atoms with van der Waals surface area (Å²) in [5.74, 6) is 1.18. The van der Waals surface area contributed by atoms with Crippen LogP contribution in [0.3, 0.4) is 0 Å². The highest BCUT2D eigenvalue weighted by atomic mass is 16.5. The second kappa shape index (κ2) is 7.19. The van der Waals surface area contributed by atoms with Gasteiger partial charge in [-0.1, -0.05) is 30.3 Å². The molecule has 0 saturated carbocycles. The minimum Gasteiger partial charge on any atom is -0.493 e. The van der Waals surface area contributed by atoms with E-state index >= 15 is 0 Å². The first-order valence-corrected chi connectivity index (χ1v) is 9.50. The van der Waals surface area contributed by atoms with Gasteiger partial charge in [0.15, 0.2) is 18.1 Å². The summed E-state index contributed by atoms with van der Waals surface area (Å²) in [6.07, 6.45) is 1.24. The van der Waals surface area contributed by atoms with E-state index in [0.29, 0.717) is 37.4 Å². The van der Waals surface area contributed by atoms with E-state index in [1.165, 1.54) is 0 Å². The van der Waals surface area contributed by atoms with Gasteiger partial charge in [0.05, 0.1) is 12.5 Å². The van der Waals surface area contributed by atoms with E-state index in [4.69, 9.17) is 9.47 Å². The third kappa shape index (κ3) is 2.99. The number of likely N-dealkylation sites (tertiary alicyclic amines) is 1. The molecule has 6 nitrogen and oxygen atoms in total. The van der Waals surface area contributed by atoms with E-state index in [1.54, 1.807) is 12.0 Å². The lowest BCUT2D eigenvalue weighted by atomic mass is 9.73. The molecule has 0 bridgehead atoms. The molecule has 1 spiro atoms. The third-order valence-corrected chi connectivity index (χ3v) is 5.83. The number of amides is 2. The maximum Gasteiger partial charge on any atom is 0.260 e. The van der Waals surface area contributed by atoms with Gasteiger partial charge in [-0.2, -0.15) is 0 Å². The molecular weight excluding hydrogens is 356 g/mol. The number of fused-ring (bicyclic) bond motifs is 2. The Morgan fingerprint density at radius 3 is 2.64 bits per heavy atom. The molecule has 2 heterocycles. The van der Waals surface area contributed by atoms with Crippen LogP contribution in [0.5, 0.6) is 11.5 Å². The van der Waals surface area contributed by atoms with Crippen molar-refractivity contribution in [2.45, 2.75) is 25.2 Å². The molecule has 0 atom stereocenters. The van der Waals surface area contributed by atoms with Crippen molar-refractivity contribution < 1.29 is 19.1 Å². The zero-order valence-electron chi connectivity index (χ0n) is 16.2. The van der Waals surface area contributed by atoms with E-state index in [9.17, 15) is 9.59 Å². The number of methoxy groups -OCH3 is 1. The monoisotopic (exact) mass is 380 g/mol. The highest BCUT2D eigenvalue weighted by molar-refractivity contribution is 6.06. The topological polar surface area (TPSA) is 67.9 Å². The predicted octanol–water partition coefficient (Wildman–Crippen LogP) is 2.89. The number of ether oxygens (including phenoxy) is 2. The Kier molecular flexibility index (Phi) is 4.71. The van der Waals surface area contributed by atoms with E-state index in [0.717, 1.165) is 16.8 Å². The molecule has 6 heteroatoms. The summed E-state index contributed by atoms with van der Waals surface area (Å²) in [6.45, 7) is 2.95. The summed E-state index contributed by atoms with van der Waals surface area (Å²) < 4.78 is 11.1. The fourth-order valence-electron chi connectivity index (χ4n) is 4.20. The Labute approximate surface area is 164 Å². The van der Waals surface area contributed by atoms with Gasteiger partial charge in [0, 0.05) is 18.8 Å². The van der Waals surface area contributed by atoms with Gasteiger partial charge in [-0.15, -0.1) is 0 Å². The van der Waals surface area contributed by atoms with Crippen LogP contribution in [0.1, 0.15) is 24.0 Å². The summed E-state index contributed by atoms with van der Waals surface area (Å²) in [5, 5.41) is 2.99. The molecule has 2 aromatic rings. The molecule has 0 unspecified atom stereocenters. The van der Waals surface area contributed by atoms with Crippen LogP contribution in [-0.4, -0.2) is 43.5 Å². The number of nitrogens with zero attached hydrogens (tertiary/aromatic N) is 1. The lowest BCUT2D eigenvalue weighted by Crippen LogP contribution is -2.49. The number of hydrogen-bond acceptors (Lipinski definition) is 4. The number of aryl methyl sites for hydroxylation is 1. The molecule has 0 radical (unpaired) electrons. The smallest absolute Gasteiger partial charge is 0.260 e. The van der Waals surface area contributed by atoms with Crippen molar-refractivity contribution in [3.05, 3.63) is 53.6 Å². The van der Waals surface area contributed by atoms with E-state index < -0.39 is 5.41 Å². The minimum absolute atomic E-state index is 0.0432. The van der Waals surface area contributed by atoms with Crippen LogP contribution in [0.25, 0.3) is 0 Å². The molecule has 1 saturated heterocycles. The Morgan fingerprint density at radius 1 is 1.14 bits per heavy atom. The summed E-state index contributed by atoms with van der Waals surface area (Å²) >= 11 is 0. The second-order valence-corrected chi connectivity index (χ2v) is 7.36. The zero-order valence-corrected chi connectivity index (χ0v) is 16.2. The number of piperidine rings is 1.